The molecular weight excluding hydrogens is 334 g/mol. The first-order valence-electron chi connectivity index (χ1n) is 7.97. The third-order valence-corrected chi connectivity index (χ3v) is 5.08. The summed E-state index contributed by atoms with van der Waals surface area (Å²) in [5, 5.41) is 0.582. The van der Waals surface area contributed by atoms with Crippen molar-refractivity contribution in [3.63, 3.8) is 0 Å². The number of benzene rings is 2. The third kappa shape index (κ3) is 3.74. The molecule has 1 aromatic heterocycles. The van der Waals surface area contributed by atoms with Crippen LogP contribution in [-0.4, -0.2) is 20.7 Å². The van der Waals surface area contributed by atoms with E-state index in [1.165, 1.54) is 11.8 Å². The maximum atomic E-state index is 13.0. The Morgan fingerprint density at radius 1 is 1.20 bits per heavy atom. The summed E-state index contributed by atoms with van der Waals surface area (Å²) >= 11 is 1.21. The highest BCUT2D eigenvalue weighted by Gasteiger charge is 2.17. The molecule has 0 aliphatic heterocycles. The number of primary amides is 1. The summed E-state index contributed by atoms with van der Waals surface area (Å²) in [6.45, 7) is 4.12. The average molecular weight is 353 g/mol. The van der Waals surface area contributed by atoms with Gasteiger partial charge in [-0.25, -0.2) is 4.98 Å². The summed E-state index contributed by atoms with van der Waals surface area (Å²) < 4.78 is 1.61. The molecule has 1 heterocycles. The van der Waals surface area contributed by atoms with Crippen LogP contribution < -0.4 is 11.3 Å². The minimum atomic E-state index is -0.475. The Bertz CT molecular complexity index is 980. The largest absolute Gasteiger partial charge is 0.369 e. The molecule has 3 aromatic rings. The average Bonchev–Trinajstić information content (AvgIpc) is 2.60. The predicted molar refractivity (Wildman–Crippen MR) is 101 cm³/mol. The van der Waals surface area contributed by atoms with E-state index in [9.17, 15) is 9.59 Å². The van der Waals surface area contributed by atoms with Crippen molar-refractivity contribution in [2.45, 2.75) is 30.8 Å². The standard InChI is InChI=1S/C19H19N3O2S/c1-12-7-9-14(10-8-12)11-22-18(24)15-5-3-4-6-16(15)21-19(22)25-13(2)17(20)23/h3-10,13H,11H2,1-2H3,(H2,20,23)/t13-/m1/s1. The van der Waals surface area contributed by atoms with Crippen molar-refractivity contribution in [3.8, 4) is 0 Å². The van der Waals surface area contributed by atoms with Crippen LogP contribution in [0.4, 0.5) is 0 Å². The number of carbonyl (C=O) groups excluding carboxylic acids is 1. The number of hydrogen-bond acceptors (Lipinski definition) is 4. The number of rotatable bonds is 5. The van der Waals surface area contributed by atoms with Crippen molar-refractivity contribution in [1.82, 2.24) is 9.55 Å². The molecule has 2 N–H and O–H groups in total. The third-order valence-electron chi connectivity index (χ3n) is 3.97. The van der Waals surface area contributed by atoms with Crippen LogP contribution in [0.2, 0.25) is 0 Å². The fourth-order valence-electron chi connectivity index (χ4n) is 2.47. The Hall–Kier alpha value is -2.60. The number of para-hydroxylation sites is 1. The molecule has 0 saturated carbocycles. The summed E-state index contributed by atoms with van der Waals surface area (Å²) in [4.78, 5) is 29.0. The van der Waals surface area contributed by atoms with Gasteiger partial charge in [-0.1, -0.05) is 53.7 Å². The molecule has 2 aromatic carbocycles. The number of thioether (sulfide) groups is 1. The molecule has 25 heavy (non-hydrogen) atoms. The van der Waals surface area contributed by atoms with Gasteiger partial charge >= 0.3 is 0 Å². The topological polar surface area (TPSA) is 78.0 Å². The van der Waals surface area contributed by atoms with Crippen molar-refractivity contribution in [2.24, 2.45) is 5.73 Å². The van der Waals surface area contributed by atoms with Crippen LogP contribution in [0.1, 0.15) is 18.1 Å². The number of nitrogens with zero attached hydrogens (tertiary/aromatic N) is 2. The van der Waals surface area contributed by atoms with Crippen LogP contribution in [0, 0.1) is 6.92 Å². The molecule has 0 aliphatic rings. The maximum Gasteiger partial charge on any atom is 0.262 e. The second-order valence-electron chi connectivity index (χ2n) is 5.95. The van der Waals surface area contributed by atoms with E-state index in [1.807, 2.05) is 43.3 Å². The Balaban J connectivity index is 2.12. The lowest BCUT2D eigenvalue weighted by atomic mass is 10.1. The molecular formula is C19H19N3O2S. The lowest BCUT2D eigenvalue weighted by Crippen LogP contribution is -2.27. The normalized spacial score (nSPS) is 12.2. The van der Waals surface area contributed by atoms with Gasteiger partial charge in [0.1, 0.15) is 0 Å². The van der Waals surface area contributed by atoms with Gasteiger partial charge in [0.25, 0.3) is 5.56 Å². The number of hydrogen-bond donors (Lipinski definition) is 1. The van der Waals surface area contributed by atoms with Crippen molar-refractivity contribution in [2.75, 3.05) is 0 Å². The number of fused-ring (bicyclic) bond motifs is 1. The molecule has 5 nitrogen and oxygen atoms in total. The number of aryl methyl sites for hydroxylation is 1. The molecule has 0 aliphatic carbocycles. The number of nitrogens with two attached hydrogens (primary N) is 1. The van der Waals surface area contributed by atoms with Gasteiger partial charge in [0.05, 0.1) is 22.7 Å². The highest BCUT2D eigenvalue weighted by atomic mass is 32.2. The van der Waals surface area contributed by atoms with Gasteiger partial charge in [-0.15, -0.1) is 0 Å². The van der Waals surface area contributed by atoms with E-state index in [0.29, 0.717) is 22.6 Å². The molecule has 0 radical (unpaired) electrons. The number of amides is 1. The van der Waals surface area contributed by atoms with Crippen LogP contribution in [0.25, 0.3) is 10.9 Å². The van der Waals surface area contributed by atoms with Gasteiger partial charge in [0, 0.05) is 0 Å². The van der Waals surface area contributed by atoms with E-state index in [4.69, 9.17) is 5.73 Å². The molecule has 128 valence electrons. The molecule has 0 fully saturated rings. The zero-order valence-corrected chi connectivity index (χ0v) is 14.9. The van der Waals surface area contributed by atoms with Gasteiger partial charge in [-0.3, -0.25) is 14.2 Å². The lowest BCUT2D eigenvalue weighted by molar-refractivity contribution is -0.117. The van der Waals surface area contributed by atoms with Gasteiger partial charge in [-0.05, 0) is 31.5 Å². The highest BCUT2D eigenvalue weighted by molar-refractivity contribution is 8.00. The summed E-state index contributed by atoms with van der Waals surface area (Å²) in [6.07, 6.45) is 0. The van der Waals surface area contributed by atoms with Gasteiger partial charge in [-0.2, -0.15) is 0 Å². The first-order chi connectivity index (χ1) is 12.0. The SMILES string of the molecule is Cc1ccc(Cn2c(S[C@H](C)C(N)=O)nc3ccccc3c2=O)cc1. The molecule has 0 spiro atoms. The monoisotopic (exact) mass is 353 g/mol. The minimum absolute atomic E-state index is 0.120. The van der Waals surface area contributed by atoms with Crippen molar-refractivity contribution in [1.29, 1.82) is 0 Å². The Kier molecular flexibility index (Phi) is 4.90. The molecule has 1 amide bonds. The number of aromatic nitrogens is 2. The second kappa shape index (κ2) is 7.11. The Morgan fingerprint density at radius 3 is 2.56 bits per heavy atom. The van der Waals surface area contributed by atoms with Crippen LogP contribution in [0.3, 0.4) is 0 Å². The van der Waals surface area contributed by atoms with E-state index in [1.54, 1.807) is 23.6 Å². The van der Waals surface area contributed by atoms with E-state index in [-0.39, 0.29) is 5.56 Å². The predicted octanol–water partition coefficient (Wildman–Crippen LogP) is 2.72. The molecule has 1 atom stereocenters. The van der Waals surface area contributed by atoms with E-state index in [2.05, 4.69) is 4.98 Å². The molecule has 3 rings (SSSR count). The van der Waals surface area contributed by atoms with Crippen LogP contribution in [0.15, 0.2) is 58.5 Å². The van der Waals surface area contributed by atoms with Gasteiger partial charge < -0.3 is 5.73 Å². The number of carbonyl (C=O) groups is 1. The van der Waals surface area contributed by atoms with Crippen molar-refractivity contribution < 1.29 is 4.79 Å². The van der Waals surface area contributed by atoms with Gasteiger partial charge in [0.2, 0.25) is 5.91 Å². The quantitative estimate of drug-likeness (QED) is 0.565. The summed E-state index contributed by atoms with van der Waals surface area (Å²) in [5.74, 6) is -0.436. The highest BCUT2D eigenvalue weighted by Crippen LogP contribution is 2.23. The fourth-order valence-corrected chi connectivity index (χ4v) is 3.33. The smallest absolute Gasteiger partial charge is 0.262 e. The van der Waals surface area contributed by atoms with Crippen molar-refractivity contribution in [3.05, 3.63) is 70.0 Å². The zero-order chi connectivity index (χ0) is 18.0. The summed E-state index contributed by atoms with van der Waals surface area (Å²) in [6, 6.07) is 15.2. The van der Waals surface area contributed by atoms with Gasteiger partial charge in [0.15, 0.2) is 5.16 Å². The van der Waals surface area contributed by atoms with Crippen LogP contribution in [-0.2, 0) is 11.3 Å². The first-order valence-corrected chi connectivity index (χ1v) is 8.85. The maximum absolute atomic E-state index is 13.0. The summed E-state index contributed by atoms with van der Waals surface area (Å²) in [5.41, 5.74) is 8.03. The fraction of sp³-hybridized carbons (Fsp3) is 0.211. The molecule has 0 bridgehead atoms. The first kappa shape index (κ1) is 17.2. The molecule has 0 unspecified atom stereocenters. The summed E-state index contributed by atoms with van der Waals surface area (Å²) in [7, 11) is 0. The molecule has 6 heteroatoms. The van der Waals surface area contributed by atoms with E-state index < -0.39 is 11.2 Å². The Morgan fingerprint density at radius 2 is 1.88 bits per heavy atom. The minimum Gasteiger partial charge on any atom is -0.369 e. The molecule has 0 saturated heterocycles. The van der Waals surface area contributed by atoms with E-state index >= 15 is 0 Å². The van der Waals surface area contributed by atoms with Crippen LogP contribution in [0.5, 0.6) is 0 Å². The van der Waals surface area contributed by atoms with Crippen LogP contribution >= 0.6 is 11.8 Å². The zero-order valence-electron chi connectivity index (χ0n) is 14.1. The lowest BCUT2D eigenvalue weighted by Gasteiger charge is -2.15. The second-order valence-corrected chi connectivity index (χ2v) is 7.26. The Labute approximate surface area is 149 Å². The van der Waals surface area contributed by atoms with E-state index in [0.717, 1.165) is 11.1 Å². The van der Waals surface area contributed by atoms with Crippen molar-refractivity contribution >= 4 is 28.6 Å².